The Labute approximate surface area is 203 Å². The van der Waals surface area contributed by atoms with Gasteiger partial charge in [-0.1, -0.05) is 51.9 Å². The molecule has 2 aromatic carbocycles. The van der Waals surface area contributed by atoms with Crippen LogP contribution in [0.3, 0.4) is 0 Å². The first-order valence-corrected chi connectivity index (χ1v) is 11.9. The van der Waals surface area contributed by atoms with Crippen LogP contribution in [0.25, 0.3) is 0 Å². The largest absolute Gasteiger partial charge is 0.507 e. The molecule has 1 atom stereocenters. The summed E-state index contributed by atoms with van der Waals surface area (Å²) in [6.07, 6.45) is 0. The van der Waals surface area contributed by atoms with Crippen LogP contribution in [0.15, 0.2) is 41.6 Å². The average molecular weight is 471 g/mol. The molecule has 0 spiro atoms. The van der Waals surface area contributed by atoms with Gasteiger partial charge in [0.05, 0.1) is 6.61 Å². The Kier molecular flexibility index (Phi) is 9.47. The molecular weight excluding hydrogens is 432 g/mol. The van der Waals surface area contributed by atoms with Gasteiger partial charge in [-0.05, 0) is 54.5 Å². The SMILES string of the molecule is CCN(CC)c1ccc(C(COc2ccc(C(=O)OCC(C)C)c(O)c2)N=O)cc1C(C)(C)C. The van der Waals surface area contributed by atoms with E-state index in [4.69, 9.17) is 9.47 Å². The number of esters is 1. The highest BCUT2D eigenvalue weighted by atomic mass is 16.5. The molecular formula is C27H38N2O5. The fraction of sp³-hybridized carbons (Fsp3) is 0.519. The molecule has 2 rings (SSSR count). The molecule has 0 amide bonds. The summed E-state index contributed by atoms with van der Waals surface area (Å²) in [6.45, 7) is 16.6. The van der Waals surface area contributed by atoms with E-state index in [9.17, 15) is 14.8 Å². The second-order valence-electron chi connectivity index (χ2n) is 9.80. The standard InChI is InChI=1S/C27H38N2O5/c1-8-29(9-2)24-13-10-19(14-22(24)27(5,6)7)23(28-32)17-33-20-11-12-21(25(30)15-20)26(31)34-16-18(3)4/h10-15,18,23,30H,8-9,16-17H2,1-7H3. The van der Waals surface area contributed by atoms with Crippen molar-refractivity contribution in [2.45, 2.75) is 59.9 Å². The number of carbonyl (C=O) groups is 1. The summed E-state index contributed by atoms with van der Waals surface area (Å²) in [4.78, 5) is 26.1. The Morgan fingerprint density at radius 2 is 1.74 bits per heavy atom. The van der Waals surface area contributed by atoms with Gasteiger partial charge in [0.2, 0.25) is 0 Å². The van der Waals surface area contributed by atoms with Crippen molar-refractivity contribution in [3.63, 3.8) is 0 Å². The zero-order valence-electron chi connectivity index (χ0n) is 21.4. The van der Waals surface area contributed by atoms with Crippen LogP contribution in [0.1, 0.15) is 76.0 Å². The van der Waals surface area contributed by atoms with Gasteiger partial charge >= 0.3 is 5.97 Å². The van der Waals surface area contributed by atoms with Gasteiger partial charge in [-0.2, -0.15) is 4.91 Å². The molecule has 34 heavy (non-hydrogen) atoms. The summed E-state index contributed by atoms with van der Waals surface area (Å²) in [6, 6.07) is 9.65. The van der Waals surface area contributed by atoms with E-state index >= 15 is 0 Å². The van der Waals surface area contributed by atoms with E-state index in [2.05, 4.69) is 44.7 Å². The van der Waals surface area contributed by atoms with Gasteiger partial charge in [0, 0.05) is 24.8 Å². The lowest BCUT2D eigenvalue weighted by Crippen LogP contribution is -2.26. The van der Waals surface area contributed by atoms with Crippen LogP contribution in [-0.2, 0) is 10.2 Å². The molecule has 7 heteroatoms. The fourth-order valence-corrected chi connectivity index (χ4v) is 3.66. The minimum absolute atomic E-state index is 0.00822. The van der Waals surface area contributed by atoms with Crippen LogP contribution in [0.4, 0.5) is 5.69 Å². The van der Waals surface area contributed by atoms with Crippen molar-refractivity contribution in [2.75, 3.05) is 31.2 Å². The third-order valence-electron chi connectivity index (χ3n) is 5.59. The fourth-order valence-electron chi connectivity index (χ4n) is 3.66. The molecule has 0 aliphatic heterocycles. The summed E-state index contributed by atoms with van der Waals surface area (Å²) in [5.41, 5.74) is 3.02. The number of ether oxygens (including phenoxy) is 2. The van der Waals surface area contributed by atoms with E-state index in [0.717, 1.165) is 29.9 Å². The van der Waals surface area contributed by atoms with Crippen LogP contribution >= 0.6 is 0 Å². The highest BCUT2D eigenvalue weighted by Gasteiger charge is 2.24. The summed E-state index contributed by atoms with van der Waals surface area (Å²) in [7, 11) is 0. The van der Waals surface area contributed by atoms with Gasteiger partial charge < -0.3 is 19.5 Å². The number of nitroso groups, excluding NO2 is 1. The van der Waals surface area contributed by atoms with E-state index in [1.807, 2.05) is 32.0 Å². The summed E-state index contributed by atoms with van der Waals surface area (Å²) >= 11 is 0. The minimum Gasteiger partial charge on any atom is -0.507 e. The Bertz CT molecular complexity index is 977. The van der Waals surface area contributed by atoms with Gasteiger partial charge in [-0.15, -0.1) is 0 Å². The number of phenols is 1. The third kappa shape index (κ3) is 6.95. The van der Waals surface area contributed by atoms with Gasteiger partial charge in [-0.3, -0.25) is 0 Å². The molecule has 1 N–H and O–H groups in total. The molecule has 0 heterocycles. The molecule has 0 aromatic heterocycles. The number of benzene rings is 2. The van der Waals surface area contributed by atoms with Crippen LogP contribution < -0.4 is 9.64 Å². The maximum absolute atomic E-state index is 12.1. The van der Waals surface area contributed by atoms with Crippen molar-refractivity contribution in [2.24, 2.45) is 11.1 Å². The number of carbonyl (C=O) groups excluding carboxylic acids is 1. The van der Waals surface area contributed by atoms with Gasteiger partial charge in [0.15, 0.2) is 6.04 Å². The number of hydrogen-bond donors (Lipinski definition) is 1. The van der Waals surface area contributed by atoms with Crippen molar-refractivity contribution in [1.82, 2.24) is 0 Å². The molecule has 0 aliphatic carbocycles. The zero-order valence-corrected chi connectivity index (χ0v) is 21.4. The van der Waals surface area contributed by atoms with E-state index in [1.165, 1.54) is 12.1 Å². The molecule has 1 unspecified atom stereocenters. The van der Waals surface area contributed by atoms with Gasteiger partial charge in [0.1, 0.15) is 23.7 Å². The summed E-state index contributed by atoms with van der Waals surface area (Å²) in [5, 5.41) is 13.5. The summed E-state index contributed by atoms with van der Waals surface area (Å²) in [5.74, 6) is -0.294. The van der Waals surface area contributed by atoms with E-state index in [1.54, 1.807) is 6.07 Å². The number of aromatic hydroxyl groups is 1. The molecule has 0 aliphatic rings. The number of anilines is 1. The zero-order chi connectivity index (χ0) is 25.5. The number of nitrogens with zero attached hydrogens (tertiary/aromatic N) is 2. The van der Waals surface area contributed by atoms with Crippen LogP contribution in [-0.4, -0.2) is 37.4 Å². The first kappa shape index (κ1) is 27.2. The van der Waals surface area contributed by atoms with E-state index in [0.29, 0.717) is 5.75 Å². The smallest absolute Gasteiger partial charge is 0.341 e. The van der Waals surface area contributed by atoms with Crippen LogP contribution in [0.5, 0.6) is 11.5 Å². The second-order valence-corrected chi connectivity index (χ2v) is 9.80. The first-order chi connectivity index (χ1) is 16.0. The van der Waals surface area contributed by atoms with Crippen molar-refractivity contribution in [3.8, 4) is 11.5 Å². The van der Waals surface area contributed by atoms with Gasteiger partial charge in [-0.25, -0.2) is 4.79 Å². The predicted molar refractivity (Wildman–Crippen MR) is 136 cm³/mol. The minimum atomic E-state index is -0.718. The van der Waals surface area contributed by atoms with Crippen molar-refractivity contribution < 1.29 is 19.4 Å². The molecule has 7 nitrogen and oxygen atoms in total. The number of phenolic OH excluding ortho intramolecular Hbond substituents is 1. The van der Waals surface area contributed by atoms with E-state index < -0.39 is 12.0 Å². The molecule has 2 aromatic rings. The molecule has 0 radical (unpaired) electrons. The monoisotopic (exact) mass is 470 g/mol. The normalized spacial score (nSPS) is 12.4. The third-order valence-corrected chi connectivity index (χ3v) is 5.59. The lowest BCUT2D eigenvalue weighted by Gasteiger charge is -2.31. The highest BCUT2D eigenvalue weighted by Crippen LogP contribution is 2.35. The quantitative estimate of drug-likeness (QED) is 0.309. The molecule has 0 saturated heterocycles. The summed E-state index contributed by atoms with van der Waals surface area (Å²) < 4.78 is 10.9. The second kappa shape index (κ2) is 11.9. The Morgan fingerprint density at radius 1 is 1.06 bits per heavy atom. The average Bonchev–Trinajstić information content (AvgIpc) is 2.78. The van der Waals surface area contributed by atoms with Crippen LogP contribution in [0, 0.1) is 10.8 Å². The number of rotatable bonds is 11. The van der Waals surface area contributed by atoms with Gasteiger partial charge in [0.25, 0.3) is 0 Å². The molecule has 0 saturated carbocycles. The van der Waals surface area contributed by atoms with Crippen LogP contribution in [0.2, 0.25) is 0 Å². The maximum atomic E-state index is 12.1. The lowest BCUT2D eigenvalue weighted by molar-refractivity contribution is 0.0455. The maximum Gasteiger partial charge on any atom is 0.341 e. The van der Waals surface area contributed by atoms with Crippen molar-refractivity contribution in [3.05, 3.63) is 58.0 Å². The molecule has 0 fully saturated rings. The lowest BCUT2D eigenvalue weighted by atomic mass is 9.83. The Balaban J connectivity index is 2.20. The molecule has 0 bridgehead atoms. The van der Waals surface area contributed by atoms with Crippen molar-refractivity contribution >= 4 is 11.7 Å². The Hall–Kier alpha value is -3.09. The highest BCUT2D eigenvalue weighted by molar-refractivity contribution is 5.92. The number of hydrogen-bond acceptors (Lipinski definition) is 7. The Morgan fingerprint density at radius 3 is 2.26 bits per heavy atom. The van der Waals surface area contributed by atoms with E-state index in [-0.39, 0.29) is 35.9 Å². The first-order valence-electron chi connectivity index (χ1n) is 11.9. The topological polar surface area (TPSA) is 88.4 Å². The predicted octanol–water partition coefficient (Wildman–Crippen LogP) is 6.24. The molecule has 186 valence electrons. The van der Waals surface area contributed by atoms with Crippen molar-refractivity contribution in [1.29, 1.82) is 0 Å².